The van der Waals surface area contributed by atoms with Crippen LogP contribution >= 0.6 is 23.4 Å². The summed E-state index contributed by atoms with van der Waals surface area (Å²) in [4.78, 5) is 0.968. The summed E-state index contributed by atoms with van der Waals surface area (Å²) in [6, 6.07) is 7.26. The van der Waals surface area contributed by atoms with Gasteiger partial charge in [0, 0.05) is 10.6 Å². The largest absolute Gasteiger partial charge is 0.393 e. The summed E-state index contributed by atoms with van der Waals surface area (Å²) in [6.45, 7) is 1.73. The number of hydrogen-bond donors (Lipinski definition) is 1. The smallest absolute Gasteiger partial charge is 0.101 e. The van der Waals surface area contributed by atoms with Gasteiger partial charge in [-0.1, -0.05) is 11.6 Å². The van der Waals surface area contributed by atoms with Gasteiger partial charge >= 0.3 is 0 Å². The highest BCUT2D eigenvalue weighted by Crippen LogP contribution is 2.24. The van der Waals surface area contributed by atoms with E-state index in [1.54, 1.807) is 19.1 Å². The van der Waals surface area contributed by atoms with Crippen LogP contribution in [0.4, 0.5) is 0 Å². The van der Waals surface area contributed by atoms with Gasteiger partial charge in [-0.3, -0.25) is 0 Å². The van der Waals surface area contributed by atoms with Crippen molar-refractivity contribution in [2.75, 3.05) is 5.75 Å². The van der Waals surface area contributed by atoms with E-state index in [-0.39, 0.29) is 6.10 Å². The van der Waals surface area contributed by atoms with Gasteiger partial charge in [-0.05, 0) is 25.1 Å². The fourth-order valence-electron chi connectivity index (χ4n) is 0.893. The number of aliphatic hydroxyl groups excluding tert-OH is 1. The number of halogens is 1. The summed E-state index contributed by atoms with van der Waals surface area (Å²) >= 11 is 7.36. The zero-order valence-corrected chi connectivity index (χ0v) is 9.27. The minimum Gasteiger partial charge on any atom is -0.393 e. The zero-order valence-electron chi connectivity index (χ0n) is 7.70. The standard InChI is InChI=1S/C10H10ClNOS/c1-7(13)6-14-9-3-2-8(5-12)10(11)4-9/h2-4,7,13H,6H2,1H3. The lowest BCUT2D eigenvalue weighted by Crippen LogP contribution is -2.02. The van der Waals surface area contributed by atoms with Crippen LogP contribution in [-0.4, -0.2) is 17.0 Å². The molecule has 0 amide bonds. The van der Waals surface area contributed by atoms with E-state index >= 15 is 0 Å². The van der Waals surface area contributed by atoms with E-state index in [4.69, 9.17) is 22.0 Å². The predicted octanol–water partition coefficient (Wildman–Crippen LogP) is 2.68. The predicted molar refractivity (Wildman–Crippen MR) is 58.6 cm³/mol. The Balaban J connectivity index is 2.73. The fraction of sp³-hybridized carbons (Fsp3) is 0.300. The molecule has 4 heteroatoms. The summed E-state index contributed by atoms with van der Waals surface area (Å²) in [5, 5.41) is 18.2. The molecular weight excluding hydrogens is 218 g/mol. The molecule has 0 radical (unpaired) electrons. The van der Waals surface area contributed by atoms with Gasteiger partial charge in [-0.15, -0.1) is 11.8 Å². The Morgan fingerprint density at radius 2 is 2.36 bits per heavy atom. The third kappa shape index (κ3) is 3.22. The number of nitrogens with zero attached hydrogens (tertiary/aromatic N) is 1. The molecule has 0 saturated heterocycles. The summed E-state index contributed by atoms with van der Waals surface area (Å²) < 4.78 is 0. The van der Waals surface area contributed by atoms with E-state index in [2.05, 4.69) is 0 Å². The first-order valence-electron chi connectivity index (χ1n) is 4.14. The lowest BCUT2D eigenvalue weighted by Gasteiger charge is -2.04. The molecule has 1 rings (SSSR count). The highest BCUT2D eigenvalue weighted by Gasteiger charge is 2.02. The molecule has 0 aliphatic heterocycles. The highest BCUT2D eigenvalue weighted by molar-refractivity contribution is 7.99. The van der Waals surface area contributed by atoms with Crippen LogP contribution in [0.5, 0.6) is 0 Å². The topological polar surface area (TPSA) is 44.0 Å². The zero-order chi connectivity index (χ0) is 10.6. The lowest BCUT2D eigenvalue weighted by atomic mass is 10.2. The van der Waals surface area contributed by atoms with Crippen molar-refractivity contribution >= 4 is 23.4 Å². The minimum atomic E-state index is -0.339. The van der Waals surface area contributed by atoms with Crippen molar-refractivity contribution in [1.29, 1.82) is 5.26 Å². The number of thioether (sulfide) groups is 1. The van der Waals surface area contributed by atoms with Gasteiger partial charge in [0.15, 0.2) is 0 Å². The summed E-state index contributed by atoms with van der Waals surface area (Å²) in [7, 11) is 0. The van der Waals surface area contributed by atoms with Crippen molar-refractivity contribution in [2.24, 2.45) is 0 Å². The maximum Gasteiger partial charge on any atom is 0.101 e. The third-order valence-electron chi connectivity index (χ3n) is 1.55. The van der Waals surface area contributed by atoms with Crippen molar-refractivity contribution in [3.63, 3.8) is 0 Å². The Labute approximate surface area is 92.5 Å². The van der Waals surface area contributed by atoms with Crippen LogP contribution in [0.2, 0.25) is 5.02 Å². The molecule has 0 fully saturated rings. The first-order chi connectivity index (χ1) is 6.63. The molecule has 1 aromatic rings. The van der Waals surface area contributed by atoms with Crippen molar-refractivity contribution in [3.05, 3.63) is 28.8 Å². The summed E-state index contributed by atoms with van der Waals surface area (Å²) in [5.74, 6) is 0.627. The second-order valence-corrected chi connectivity index (χ2v) is 4.41. The average Bonchev–Trinajstić information content (AvgIpc) is 2.15. The minimum absolute atomic E-state index is 0.339. The molecule has 14 heavy (non-hydrogen) atoms. The number of nitriles is 1. The van der Waals surface area contributed by atoms with E-state index in [0.29, 0.717) is 16.3 Å². The monoisotopic (exact) mass is 227 g/mol. The quantitative estimate of drug-likeness (QED) is 0.808. The summed E-state index contributed by atoms with van der Waals surface area (Å²) in [5.41, 5.74) is 0.480. The van der Waals surface area contributed by atoms with E-state index < -0.39 is 0 Å². The maximum absolute atomic E-state index is 9.08. The lowest BCUT2D eigenvalue weighted by molar-refractivity contribution is 0.220. The average molecular weight is 228 g/mol. The molecule has 1 N–H and O–H groups in total. The Hall–Kier alpha value is -0.690. The van der Waals surface area contributed by atoms with Crippen LogP contribution in [0.3, 0.4) is 0 Å². The van der Waals surface area contributed by atoms with Crippen LogP contribution in [-0.2, 0) is 0 Å². The molecule has 0 spiro atoms. The molecule has 2 nitrogen and oxygen atoms in total. The van der Waals surface area contributed by atoms with Crippen molar-refractivity contribution in [1.82, 2.24) is 0 Å². The van der Waals surface area contributed by atoms with Gasteiger partial charge in [-0.2, -0.15) is 5.26 Å². The first kappa shape index (κ1) is 11.4. The van der Waals surface area contributed by atoms with Crippen molar-refractivity contribution in [2.45, 2.75) is 17.9 Å². The maximum atomic E-state index is 9.08. The van der Waals surface area contributed by atoms with Gasteiger partial charge in [-0.25, -0.2) is 0 Å². The Morgan fingerprint density at radius 1 is 1.64 bits per heavy atom. The number of benzene rings is 1. The molecule has 74 valence electrons. The number of aliphatic hydroxyl groups is 1. The van der Waals surface area contributed by atoms with Crippen molar-refractivity contribution < 1.29 is 5.11 Å². The number of hydrogen-bond acceptors (Lipinski definition) is 3. The SMILES string of the molecule is CC(O)CSc1ccc(C#N)c(Cl)c1. The third-order valence-corrected chi connectivity index (χ3v) is 3.10. The molecule has 0 aromatic heterocycles. The Bertz CT molecular complexity index is 360. The second kappa shape index (κ2) is 5.26. The number of rotatable bonds is 3. The summed E-state index contributed by atoms with van der Waals surface area (Å²) in [6.07, 6.45) is -0.339. The Kier molecular flexibility index (Phi) is 4.27. The van der Waals surface area contributed by atoms with Crippen molar-refractivity contribution in [3.8, 4) is 6.07 Å². The van der Waals surface area contributed by atoms with Crippen LogP contribution in [0.15, 0.2) is 23.1 Å². The molecule has 0 heterocycles. The van der Waals surface area contributed by atoms with E-state index in [0.717, 1.165) is 4.90 Å². The van der Waals surface area contributed by atoms with Gasteiger partial charge in [0.25, 0.3) is 0 Å². The molecule has 0 saturated carbocycles. The highest BCUT2D eigenvalue weighted by atomic mass is 35.5. The molecule has 0 aliphatic carbocycles. The van der Waals surface area contributed by atoms with Crippen LogP contribution in [0, 0.1) is 11.3 Å². The fourth-order valence-corrected chi connectivity index (χ4v) is 1.98. The van der Waals surface area contributed by atoms with Gasteiger partial charge in [0.2, 0.25) is 0 Å². The van der Waals surface area contributed by atoms with Crippen LogP contribution < -0.4 is 0 Å². The van der Waals surface area contributed by atoms with Crippen LogP contribution in [0.25, 0.3) is 0 Å². The molecule has 1 aromatic carbocycles. The molecule has 0 aliphatic rings. The van der Waals surface area contributed by atoms with E-state index in [9.17, 15) is 0 Å². The molecular formula is C10H10ClNOS. The van der Waals surface area contributed by atoms with Gasteiger partial charge < -0.3 is 5.11 Å². The normalized spacial score (nSPS) is 12.1. The van der Waals surface area contributed by atoms with E-state index in [1.165, 1.54) is 11.8 Å². The molecule has 0 bridgehead atoms. The molecule has 1 unspecified atom stereocenters. The molecule has 1 atom stereocenters. The van der Waals surface area contributed by atoms with Gasteiger partial charge in [0.05, 0.1) is 16.7 Å². The van der Waals surface area contributed by atoms with E-state index in [1.807, 2.05) is 12.1 Å². The Morgan fingerprint density at radius 3 is 2.86 bits per heavy atom. The van der Waals surface area contributed by atoms with Crippen LogP contribution in [0.1, 0.15) is 12.5 Å². The first-order valence-corrected chi connectivity index (χ1v) is 5.50. The second-order valence-electron chi connectivity index (χ2n) is 2.91. The van der Waals surface area contributed by atoms with Gasteiger partial charge in [0.1, 0.15) is 6.07 Å².